The quantitative estimate of drug-likeness (QED) is 0.258. The molecule has 1 saturated heterocycles. The molecule has 1 spiro atoms. The zero-order valence-corrected chi connectivity index (χ0v) is 17.2. The van der Waals surface area contributed by atoms with Gasteiger partial charge in [0.1, 0.15) is 11.9 Å². The van der Waals surface area contributed by atoms with Crippen LogP contribution in [-0.2, 0) is 20.8 Å². The van der Waals surface area contributed by atoms with Crippen molar-refractivity contribution in [3.05, 3.63) is 41.5 Å². The molecular formula is C20H27IO4. The molecule has 1 aliphatic carbocycles. The molecule has 138 valence electrons. The van der Waals surface area contributed by atoms with Crippen molar-refractivity contribution in [2.75, 3.05) is 18.1 Å². The fourth-order valence-electron chi connectivity index (χ4n) is 3.53. The molecule has 0 N–H and O–H groups in total. The van der Waals surface area contributed by atoms with Gasteiger partial charge in [-0.1, -0.05) is 40.8 Å². The van der Waals surface area contributed by atoms with E-state index in [2.05, 4.69) is 35.6 Å². The third-order valence-corrected chi connectivity index (χ3v) is 5.83. The normalized spacial score (nSPS) is 25.6. The highest BCUT2D eigenvalue weighted by molar-refractivity contribution is 14.1. The van der Waals surface area contributed by atoms with Gasteiger partial charge in [-0.25, -0.2) is 0 Å². The highest BCUT2D eigenvalue weighted by atomic mass is 127. The van der Waals surface area contributed by atoms with E-state index in [0.29, 0.717) is 13.2 Å². The first-order chi connectivity index (χ1) is 12.2. The van der Waals surface area contributed by atoms with E-state index < -0.39 is 0 Å². The van der Waals surface area contributed by atoms with E-state index in [1.807, 2.05) is 24.3 Å². The lowest BCUT2D eigenvalue weighted by Gasteiger charge is -2.22. The van der Waals surface area contributed by atoms with Crippen molar-refractivity contribution in [2.24, 2.45) is 0 Å². The van der Waals surface area contributed by atoms with Crippen LogP contribution in [0.1, 0.15) is 38.2 Å². The van der Waals surface area contributed by atoms with E-state index >= 15 is 0 Å². The standard InChI is InChI=1S/C20H27IO4/c1-15(9-12-23-14-16-5-7-17(22-2)8-6-16)19-18(13-21)24-20(25-19)10-3-4-11-20/h5-9,18-19H,3-4,10-14H2,1-2H3/b15-9+/t18-,19-/m0/s1. The van der Waals surface area contributed by atoms with Gasteiger partial charge in [0.25, 0.3) is 0 Å². The molecule has 3 rings (SSSR count). The Balaban J connectivity index is 1.50. The Bertz CT molecular complexity index is 578. The lowest BCUT2D eigenvalue weighted by atomic mass is 10.1. The van der Waals surface area contributed by atoms with Gasteiger partial charge in [-0.15, -0.1) is 0 Å². The molecule has 2 fully saturated rings. The molecule has 0 bridgehead atoms. The van der Waals surface area contributed by atoms with Crippen molar-refractivity contribution in [2.45, 2.75) is 57.2 Å². The van der Waals surface area contributed by atoms with E-state index in [9.17, 15) is 0 Å². The zero-order valence-electron chi connectivity index (χ0n) is 15.0. The molecule has 2 aliphatic rings. The van der Waals surface area contributed by atoms with Gasteiger partial charge in [0.15, 0.2) is 5.79 Å². The Hall–Kier alpha value is -0.630. The van der Waals surface area contributed by atoms with Crippen LogP contribution in [-0.4, -0.2) is 36.1 Å². The topological polar surface area (TPSA) is 36.9 Å². The molecule has 1 aromatic carbocycles. The number of hydrogen-bond acceptors (Lipinski definition) is 4. The van der Waals surface area contributed by atoms with E-state index in [1.165, 1.54) is 18.4 Å². The summed E-state index contributed by atoms with van der Waals surface area (Å²) in [5.41, 5.74) is 2.35. The number of alkyl halides is 1. The Morgan fingerprint density at radius 3 is 2.60 bits per heavy atom. The maximum atomic E-state index is 6.35. The number of methoxy groups -OCH3 is 1. The zero-order chi connectivity index (χ0) is 17.7. The average Bonchev–Trinajstić information content (AvgIpc) is 3.26. The molecule has 1 aromatic rings. The Morgan fingerprint density at radius 1 is 1.24 bits per heavy atom. The van der Waals surface area contributed by atoms with Crippen LogP contribution in [0.3, 0.4) is 0 Å². The van der Waals surface area contributed by atoms with E-state index in [0.717, 1.165) is 28.6 Å². The fourth-order valence-corrected chi connectivity index (χ4v) is 4.17. The highest BCUT2D eigenvalue weighted by Crippen LogP contribution is 2.43. The van der Waals surface area contributed by atoms with Gasteiger partial charge in [0.2, 0.25) is 0 Å². The summed E-state index contributed by atoms with van der Waals surface area (Å²) in [7, 11) is 1.67. The monoisotopic (exact) mass is 458 g/mol. The first kappa shape index (κ1) is 19.1. The fraction of sp³-hybridized carbons (Fsp3) is 0.600. The number of rotatable bonds is 7. The van der Waals surface area contributed by atoms with Crippen LogP contribution in [0.25, 0.3) is 0 Å². The van der Waals surface area contributed by atoms with E-state index in [4.69, 9.17) is 18.9 Å². The van der Waals surface area contributed by atoms with Gasteiger partial charge in [-0.05, 0) is 43.0 Å². The summed E-state index contributed by atoms with van der Waals surface area (Å²) in [4.78, 5) is 0. The molecule has 0 aromatic heterocycles. The second kappa shape index (κ2) is 8.84. The predicted molar refractivity (Wildman–Crippen MR) is 106 cm³/mol. The Kier molecular flexibility index (Phi) is 6.77. The van der Waals surface area contributed by atoms with Crippen molar-refractivity contribution in [3.8, 4) is 5.75 Å². The number of halogens is 1. The SMILES string of the molecule is COc1ccc(COC/C=C(\C)[C@@H]2OC3(CCCC3)O[C@H]2CI)cc1. The molecular weight excluding hydrogens is 431 g/mol. The van der Waals surface area contributed by atoms with Gasteiger partial charge in [-0.3, -0.25) is 0 Å². The highest BCUT2D eigenvalue weighted by Gasteiger charge is 2.48. The summed E-state index contributed by atoms with van der Waals surface area (Å²) in [6.07, 6.45) is 6.79. The maximum Gasteiger partial charge on any atom is 0.169 e. The average molecular weight is 458 g/mol. The molecule has 1 aliphatic heterocycles. The summed E-state index contributed by atoms with van der Waals surface area (Å²) in [6.45, 7) is 3.30. The third kappa shape index (κ3) is 4.76. The molecule has 0 radical (unpaired) electrons. The minimum absolute atomic E-state index is 0.0552. The summed E-state index contributed by atoms with van der Waals surface area (Å²) in [5.74, 6) is 0.545. The van der Waals surface area contributed by atoms with E-state index in [1.54, 1.807) is 7.11 Å². The molecule has 5 heteroatoms. The molecule has 0 unspecified atom stereocenters. The third-order valence-electron chi connectivity index (χ3n) is 4.96. The van der Waals surface area contributed by atoms with Crippen LogP contribution < -0.4 is 4.74 Å². The van der Waals surface area contributed by atoms with Crippen LogP contribution in [0.4, 0.5) is 0 Å². The summed E-state index contributed by atoms with van der Waals surface area (Å²) in [6, 6.07) is 7.96. The Labute approximate surface area is 164 Å². The Morgan fingerprint density at radius 2 is 1.96 bits per heavy atom. The second-order valence-electron chi connectivity index (χ2n) is 6.78. The second-order valence-corrected chi connectivity index (χ2v) is 7.66. The molecule has 1 saturated carbocycles. The first-order valence-electron chi connectivity index (χ1n) is 8.95. The van der Waals surface area contributed by atoms with Gasteiger partial charge in [-0.2, -0.15) is 0 Å². The minimum atomic E-state index is -0.320. The van der Waals surface area contributed by atoms with Gasteiger partial charge < -0.3 is 18.9 Å². The summed E-state index contributed by atoms with van der Waals surface area (Å²) >= 11 is 2.39. The van der Waals surface area contributed by atoms with Crippen molar-refractivity contribution >= 4 is 22.6 Å². The van der Waals surface area contributed by atoms with Gasteiger partial charge in [0.05, 0.1) is 26.4 Å². The first-order valence-corrected chi connectivity index (χ1v) is 10.5. The molecule has 2 atom stereocenters. The largest absolute Gasteiger partial charge is 0.497 e. The minimum Gasteiger partial charge on any atom is -0.497 e. The number of ether oxygens (including phenoxy) is 4. The van der Waals surface area contributed by atoms with Gasteiger partial charge >= 0.3 is 0 Å². The molecule has 1 heterocycles. The predicted octanol–water partition coefficient (Wildman–Crippen LogP) is 4.65. The van der Waals surface area contributed by atoms with Crippen LogP contribution >= 0.6 is 22.6 Å². The van der Waals surface area contributed by atoms with Crippen molar-refractivity contribution < 1.29 is 18.9 Å². The summed E-state index contributed by atoms with van der Waals surface area (Å²) < 4.78 is 24.5. The lowest BCUT2D eigenvalue weighted by Crippen LogP contribution is -2.26. The van der Waals surface area contributed by atoms with Crippen molar-refractivity contribution in [1.29, 1.82) is 0 Å². The lowest BCUT2D eigenvalue weighted by molar-refractivity contribution is -0.164. The van der Waals surface area contributed by atoms with Gasteiger partial charge in [0, 0.05) is 17.3 Å². The number of benzene rings is 1. The molecule has 4 nitrogen and oxygen atoms in total. The van der Waals surface area contributed by atoms with Crippen molar-refractivity contribution in [3.63, 3.8) is 0 Å². The van der Waals surface area contributed by atoms with Crippen LogP contribution in [0.15, 0.2) is 35.9 Å². The molecule has 0 amide bonds. The smallest absolute Gasteiger partial charge is 0.169 e. The van der Waals surface area contributed by atoms with Crippen LogP contribution in [0.5, 0.6) is 5.75 Å². The van der Waals surface area contributed by atoms with Crippen molar-refractivity contribution in [1.82, 2.24) is 0 Å². The maximum absolute atomic E-state index is 6.35. The summed E-state index contributed by atoms with van der Waals surface area (Å²) in [5, 5.41) is 0. The van der Waals surface area contributed by atoms with E-state index in [-0.39, 0.29) is 18.0 Å². The van der Waals surface area contributed by atoms with Crippen LogP contribution in [0, 0.1) is 0 Å². The molecule has 25 heavy (non-hydrogen) atoms. The number of hydrogen-bond donors (Lipinski definition) is 0. The van der Waals surface area contributed by atoms with Crippen LogP contribution in [0.2, 0.25) is 0 Å².